The molecule has 1 amide bonds. The molecule has 21 heavy (non-hydrogen) atoms. The maximum absolute atomic E-state index is 12.8. The first kappa shape index (κ1) is 15.7. The van der Waals surface area contributed by atoms with Crippen molar-refractivity contribution in [2.24, 2.45) is 0 Å². The minimum absolute atomic E-state index is 0.185. The number of carboxylic acid groups (broad SMARTS) is 1. The largest absolute Gasteiger partial charge is 0.548 e. The van der Waals surface area contributed by atoms with Crippen LogP contribution in [0.25, 0.3) is 6.08 Å². The van der Waals surface area contributed by atoms with Gasteiger partial charge in [-0.2, -0.15) is 0 Å². The smallest absolute Gasteiger partial charge is 0.266 e. The molecule has 1 aromatic rings. The summed E-state index contributed by atoms with van der Waals surface area (Å²) in [5.74, 6) is -2.18. The number of benzene rings is 1. The van der Waals surface area contributed by atoms with Gasteiger partial charge in [0.15, 0.2) is 0 Å². The van der Waals surface area contributed by atoms with Gasteiger partial charge in [-0.15, -0.1) is 0 Å². The van der Waals surface area contributed by atoms with Crippen LogP contribution < -0.4 is 5.11 Å². The molecule has 1 saturated heterocycles. The minimum Gasteiger partial charge on any atom is -0.548 e. The second kappa shape index (κ2) is 6.36. The van der Waals surface area contributed by atoms with Gasteiger partial charge in [-0.3, -0.25) is 9.69 Å². The maximum Gasteiger partial charge on any atom is 0.266 e. The number of thiocarbonyl (C=S) groups is 1. The van der Waals surface area contributed by atoms with E-state index in [-0.39, 0.29) is 16.6 Å². The fraction of sp³-hybridized carbons (Fsp3) is 0.214. The van der Waals surface area contributed by atoms with Gasteiger partial charge in [-0.25, -0.2) is 4.39 Å². The summed E-state index contributed by atoms with van der Waals surface area (Å²) in [5, 5.41) is 11.1. The lowest BCUT2D eigenvalue weighted by Gasteiger charge is -2.26. The number of amides is 1. The van der Waals surface area contributed by atoms with E-state index in [1.54, 1.807) is 13.0 Å². The van der Waals surface area contributed by atoms with E-state index >= 15 is 0 Å². The van der Waals surface area contributed by atoms with Gasteiger partial charge in [0.05, 0.1) is 16.9 Å². The molecule has 1 aliphatic heterocycles. The highest BCUT2D eigenvalue weighted by Crippen LogP contribution is 2.34. The van der Waals surface area contributed by atoms with E-state index in [2.05, 4.69) is 0 Å². The highest BCUT2D eigenvalue weighted by atomic mass is 32.2. The quantitative estimate of drug-likeness (QED) is 0.621. The average molecular weight is 324 g/mol. The lowest BCUT2D eigenvalue weighted by atomic mass is 10.2. The molecule has 1 aromatic carbocycles. The summed E-state index contributed by atoms with van der Waals surface area (Å²) in [4.78, 5) is 24.7. The van der Waals surface area contributed by atoms with Crippen molar-refractivity contribution in [1.82, 2.24) is 4.90 Å². The van der Waals surface area contributed by atoms with Crippen LogP contribution in [0.4, 0.5) is 4.39 Å². The molecule has 1 fully saturated rings. The van der Waals surface area contributed by atoms with E-state index < -0.39 is 17.9 Å². The van der Waals surface area contributed by atoms with Crippen molar-refractivity contribution in [2.75, 3.05) is 0 Å². The Kier molecular flexibility index (Phi) is 4.74. The summed E-state index contributed by atoms with van der Waals surface area (Å²) < 4.78 is 13.0. The molecule has 1 atom stereocenters. The lowest BCUT2D eigenvalue weighted by molar-refractivity contribution is -0.310. The number of carbonyl (C=O) groups excluding carboxylic acids is 2. The zero-order valence-electron chi connectivity index (χ0n) is 11.0. The van der Waals surface area contributed by atoms with Gasteiger partial charge < -0.3 is 9.90 Å². The summed E-state index contributed by atoms with van der Waals surface area (Å²) in [5.41, 5.74) is 0.637. The van der Waals surface area contributed by atoms with Crippen molar-refractivity contribution < 1.29 is 19.1 Å². The van der Waals surface area contributed by atoms with Crippen molar-refractivity contribution in [3.63, 3.8) is 0 Å². The second-order valence-corrected chi connectivity index (χ2v) is 6.02. The number of hydrogen-bond donors (Lipinski definition) is 0. The molecular weight excluding hydrogens is 313 g/mol. The second-order valence-electron chi connectivity index (χ2n) is 4.35. The zero-order chi connectivity index (χ0) is 15.6. The fourth-order valence-electron chi connectivity index (χ4n) is 1.91. The van der Waals surface area contributed by atoms with E-state index in [9.17, 15) is 19.1 Å². The Bertz CT molecular complexity index is 628. The molecule has 0 bridgehead atoms. The molecule has 1 aliphatic rings. The van der Waals surface area contributed by atoms with Crippen molar-refractivity contribution in [1.29, 1.82) is 0 Å². The Morgan fingerprint density at radius 3 is 2.62 bits per heavy atom. The van der Waals surface area contributed by atoms with Gasteiger partial charge in [0.1, 0.15) is 10.1 Å². The van der Waals surface area contributed by atoms with Crippen molar-refractivity contribution >= 4 is 46.3 Å². The normalized spacial score (nSPS) is 18.4. The number of rotatable bonds is 4. The Balaban J connectivity index is 2.29. The topological polar surface area (TPSA) is 60.4 Å². The van der Waals surface area contributed by atoms with Crippen LogP contribution in [0.5, 0.6) is 0 Å². The fourth-order valence-corrected chi connectivity index (χ4v) is 3.27. The molecule has 4 nitrogen and oxygen atoms in total. The van der Waals surface area contributed by atoms with Crippen LogP contribution in [0.3, 0.4) is 0 Å². The average Bonchev–Trinajstić information content (AvgIpc) is 2.70. The lowest BCUT2D eigenvalue weighted by Crippen LogP contribution is -2.49. The highest BCUT2D eigenvalue weighted by molar-refractivity contribution is 8.26. The first-order valence-electron chi connectivity index (χ1n) is 6.17. The van der Waals surface area contributed by atoms with E-state index in [0.717, 1.165) is 16.7 Å². The minimum atomic E-state index is -1.34. The SMILES string of the molecule is CC[C@H](C(=O)[O-])N1C(=O)/C(=C\c2ccc(F)cc2)SC1=S. The first-order chi connectivity index (χ1) is 9.93. The molecule has 0 unspecified atom stereocenters. The molecule has 0 spiro atoms. The highest BCUT2D eigenvalue weighted by Gasteiger charge is 2.36. The number of nitrogens with zero attached hydrogens (tertiary/aromatic N) is 1. The third-order valence-electron chi connectivity index (χ3n) is 2.96. The predicted octanol–water partition coefficient (Wildman–Crippen LogP) is 1.56. The molecule has 0 aromatic heterocycles. The van der Waals surface area contributed by atoms with Crippen molar-refractivity contribution in [3.05, 3.63) is 40.6 Å². The van der Waals surface area contributed by atoms with Crippen molar-refractivity contribution in [2.45, 2.75) is 19.4 Å². The Hall–Kier alpha value is -1.73. The predicted molar refractivity (Wildman–Crippen MR) is 80.5 cm³/mol. The van der Waals surface area contributed by atoms with E-state index in [4.69, 9.17) is 12.2 Å². The van der Waals surface area contributed by atoms with Gasteiger partial charge in [-0.05, 0) is 30.2 Å². The summed E-state index contributed by atoms with van der Waals surface area (Å²) in [6.07, 6.45) is 1.76. The van der Waals surface area contributed by atoms with Crippen LogP contribution in [0.2, 0.25) is 0 Å². The molecular formula is C14H11FNO3S2-. The van der Waals surface area contributed by atoms with Crippen LogP contribution in [0.15, 0.2) is 29.2 Å². The number of aliphatic carboxylic acids is 1. The van der Waals surface area contributed by atoms with Crippen LogP contribution >= 0.6 is 24.0 Å². The molecule has 0 N–H and O–H groups in total. The first-order valence-corrected chi connectivity index (χ1v) is 7.40. The van der Waals surface area contributed by atoms with Gasteiger partial charge in [0.25, 0.3) is 5.91 Å². The van der Waals surface area contributed by atoms with Crippen LogP contribution in [0.1, 0.15) is 18.9 Å². The molecule has 7 heteroatoms. The maximum atomic E-state index is 12.8. The van der Waals surface area contributed by atoms with Crippen LogP contribution in [0, 0.1) is 5.82 Å². The molecule has 0 saturated carbocycles. The molecule has 0 radical (unpaired) electrons. The van der Waals surface area contributed by atoms with E-state index in [1.807, 2.05) is 0 Å². The summed E-state index contributed by atoms with van der Waals surface area (Å²) in [7, 11) is 0. The van der Waals surface area contributed by atoms with Gasteiger partial charge >= 0.3 is 0 Å². The molecule has 1 heterocycles. The zero-order valence-corrected chi connectivity index (χ0v) is 12.7. The van der Waals surface area contributed by atoms with Crippen LogP contribution in [-0.2, 0) is 9.59 Å². The Morgan fingerprint density at radius 2 is 2.10 bits per heavy atom. The monoisotopic (exact) mass is 324 g/mol. The Labute approximate surface area is 130 Å². The third-order valence-corrected chi connectivity index (χ3v) is 4.29. The number of halogens is 1. The molecule has 110 valence electrons. The number of carboxylic acids is 1. The van der Waals surface area contributed by atoms with E-state index in [0.29, 0.717) is 10.5 Å². The van der Waals surface area contributed by atoms with Gasteiger partial charge in [0, 0.05) is 0 Å². The number of thioether (sulfide) groups is 1. The molecule has 2 rings (SSSR count). The van der Waals surface area contributed by atoms with E-state index in [1.165, 1.54) is 24.3 Å². The summed E-state index contributed by atoms with van der Waals surface area (Å²) >= 11 is 6.10. The standard InChI is InChI=1S/C14H12FNO3S2/c1-2-10(13(18)19)16-12(17)11(21-14(16)20)7-8-3-5-9(15)6-4-8/h3-7,10H,2H2,1H3,(H,18,19)/p-1/b11-7+/t10-/m1/s1. The number of carbonyl (C=O) groups is 2. The Morgan fingerprint density at radius 1 is 1.48 bits per heavy atom. The van der Waals surface area contributed by atoms with Gasteiger partial charge in [-0.1, -0.05) is 43.0 Å². The van der Waals surface area contributed by atoms with Crippen LogP contribution in [-0.4, -0.2) is 27.1 Å². The third kappa shape index (κ3) is 3.30. The molecule has 0 aliphatic carbocycles. The van der Waals surface area contributed by atoms with Gasteiger partial charge in [0.2, 0.25) is 0 Å². The van der Waals surface area contributed by atoms with Crippen molar-refractivity contribution in [3.8, 4) is 0 Å². The summed E-state index contributed by atoms with van der Waals surface area (Å²) in [6, 6.07) is 4.54. The summed E-state index contributed by atoms with van der Waals surface area (Å²) in [6.45, 7) is 1.64. The number of hydrogen-bond acceptors (Lipinski definition) is 5.